The minimum Gasteiger partial charge on any atom is -0.756 e. The average Bonchev–Trinajstić information content (AvgIpc) is 3.33. The lowest BCUT2D eigenvalue weighted by atomic mass is 10.0. The zero-order valence-corrected chi connectivity index (χ0v) is 48.6. The molecule has 3 unspecified atom stereocenters. The number of unbranched alkanes of at least 4 members (excludes halogenated alkanes) is 37. The van der Waals surface area contributed by atoms with Crippen molar-refractivity contribution in [3.05, 3.63) is 48.6 Å². The van der Waals surface area contributed by atoms with E-state index in [2.05, 4.69) is 55.6 Å². The number of hydrogen-bond acceptors (Lipinski definition) is 6. The largest absolute Gasteiger partial charge is 0.756 e. The number of carbonyl (C=O) groups excluding carboxylic acids is 1. The number of quaternary nitrogens is 1. The van der Waals surface area contributed by atoms with Gasteiger partial charge in [-0.15, -0.1) is 0 Å². The van der Waals surface area contributed by atoms with Gasteiger partial charge in [0.15, 0.2) is 0 Å². The fourth-order valence-corrected chi connectivity index (χ4v) is 9.69. The van der Waals surface area contributed by atoms with Crippen molar-refractivity contribution in [1.82, 2.24) is 5.32 Å². The van der Waals surface area contributed by atoms with Gasteiger partial charge in [-0.25, -0.2) is 0 Å². The van der Waals surface area contributed by atoms with Crippen LogP contribution in [0.15, 0.2) is 48.6 Å². The molecule has 0 saturated carbocycles. The standard InChI is InChI=1S/C62H119N2O6P/c1-6-8-10-12-14-16-18-19-20-21-22-23-24-25-26-27-28-29-30-31-32-33-34-35-36-37-38-39-40-41-42-43-44-45-46-48-50-52-54-56-62(66)63-60(59-70-71(67,68)69-58-57-64(3,4)5)61(65)55-53-51-49-47-17-15-13-11-9-7-2/h17,28-29,31-32,47,53,55,60-61,65H,6-16,18-27,30,33-46,48-52,54,56-59H2,1-5H3,(H-,63,66,67,68)/b29-28-,32-31-,47-17+,55-53+. The second-order valence-corrected chi connectivity index (χ2v) is 23.5. The molecule has 0 rings (SSSR count). The van der Waals surface area contributed by atoms with E-state index in [1.807, 2.05) is 27.2 Å². The van der Waals surface area contributed by atoms with Crippen molar-refractivity contribution in [2.75, 3.05) is 40.9 Å². The van der Waals surface area contributed by atoms with Crippen LogP contribution in [0.25, 0.3) is 0 Å². The van der Waals surface area contributed by atoms with Gasteiger partial charge in [0.25, 0.3) is 7.82 Å². The SMILES string of the molecule is CCCCCC/C=C/CC/C=C/C(O)C(COP(=O)([O-])OCC[N+](C)(C)C)NC(=O)CCCCCCCCCCCCCCCCCCC/C=C\C/C=C\CCCCCCCCCCCCCCCCC. The van der Waals surface area contributed by atoms with Crippen LogP contribution in [0.3, 0.4) is 0 Å². The van der Waals surface area contributed by atoms with Crippen molar-refractivity contribution in [1.29, 1.82) is 0 Å². The van der Waals surface area contributed by atoms with E-state index in [4.69, 9.17) is 9.05 Å². The number of phosphoric acid groups is 1. The molecule has 0 aliphatic heterocycles. The predicted molar refractivity (Wildman–Crippen MR) is 307 cm³/mol. The first-order chi connectivity index (χ1) is 34.5. The third kappa shape index (κ3) is 56.0. The molecular weight excluding hydrogens is 900 g/mol. The Balaban J connectivity index is 3.85. The van der Waals surface area contributed by atoms with Gasteiger partial charge in [-0.3, -0.25) is 9.36 Å². The first kappa shape index (κ1) is 69.5. The molecule has 0 spiro atoms. The molecule has 0 bridgehead atoms. The van der Waals surface area contributed by atoms with Crippen molar-refractivity contribution in [3.63, 3.8) is 0 Å². The summed E-state index contributed by atoms with van der Waals surface area (Å²) in [7, 11) is 1.25. The number of allylic oxidation sites excluding steroid dienone is 7. The maximum Gasteiger partial charge on any atom is 0.268 e. The van der Waals surface area contributed by atoms with Gasteiger partial charge in [-0.2, -0.15) is 0 Å². The molecule has 8 nitrogen and oxygen atoms in total. The number of nitrogens with zero attached hydrogens (tertiary/aromatic N) is 1. The smallest absolute Gasteiger partial charge is 0.268 e. The zero-order chi connectivity index (χ0) is 52.0. The van der Waals surface area contributed by atoms with Crippen LogP contribution >= 0.6 is 7.82 Å². The summed E-state index contributed by atoms with van der Waals surface area (Å²) < 4.78 is 23.2. The maximum absolute atomic E-state index is 12.9. The van der Waals surface area contributed by atoms with Crippen molar-refractivity contribution < 1.29 is 32.9 Å². The highest BCUT2D eigenvalue weighted by Gasteiger charge is 2.23. The quantitative estimate of drug-likeness (QED) is 0.0272. The number of aliphatic hydroxyl groups is 1. The van der Waals surface area contributed by atoms with Crippen LogP contribution < -0.4 is 10.2 Å². The Labute approximate surface area is 441 Å². The van der Waals surface area contributed by atoms with E-state index in [1.54, 1.807) is 6.08 Å². The predicted octanol–water partition coefficient (Wildman–Crippen LogP) is 18.1. The molecule has 0 aliphatic carbocycles. The molecule has 0 aliphatic rings. The van der Waals surface area contributed by atoms with E-state index in [0.29, 0.717) is 17.4 Å². The average molecular weight is 1020 g/mol. The van der Waals surface area contributed by atoms with Gasteiger partial charge in [0.1, 0.15) is 13.2 Å². The number of hydrogen-bond donors (Lipinski definition) is 2. The van der Waals surface area contributed by atoms with E-state index in [1.165, 1.54) is 225 Å². The summed E-state index contributed by atoms with van der Waals surface area (Å²) in [5, 5.41) is 13.8. The van der Waals surface area contributed by atoms with Crippen LogP contribution in [0.4, 0.5) is 0 Å². The van der Waals surface area contributed by atoms with Gasteiger partial charge in [-0.1, -0.05) is 268 Å². The van der Waals surface area contributed by atoms with Crippen LogP contribution in [-0.2, 0) is 18.4 Å². The Kier molecular flexibility index (Phi) is 52.1. The highest BCUT2D eigenvalue weighted by Crippen LogP contribution is 2.38. The molecule has 0 heterocycles. The monoisotopic (exact) mass is 1020 g/mol. The molecule has 0 aromatic rings. The molecule has 2 N–H and O–H groups in total. The summed E-state index contributed by atoms with van der Waals surface area (Å²) in [4.78, 5) is 25.4. The van der Waals surface area contributed by atoms with E-state index in [-0.39, 0.29) is 12.5 Å². The third-order valence-electron chi connectivity index (χ3n) is 13.8. The number of aliphatic hydroxyl groups excluding tert-OH is 1. The lowest BCUT2D eigenvalue weighted by Crippen LogP contribution is -2.45. The van der Waals surface area contributed by atoms with Crippen LogP contribution in [0.1, 0.15) is 290 Å². The molecule has 0 radical (unpaired) electrons. The van der Waals surface area contributed by atoms with Gasteiger partial charge < -0.3 is 28.8 Å². The first-order valence-corrected chi connectivity index (χ1v) is 32.0. The number of amides is 1. The topological polar surface area (TPSA) is 108 Å². The Bertz CT molecular complexity index is 1290. The van der Waals surface area contributed by atoms with E-state index in [9.17, 15) is 19.4 Å². The third-order valence-corrected chi connectivity index (χ3v) is 14.7. The number of likely N-dealkylation sites (N-methyl/N-ethyl adjacent to an activating group) is 1. The Morgan fingerprint density at radius 1 is 0.493 bits per heavy atom. The second-order valence-electron chi connectivity index (χ2n) is 22.0. The molecule has 418 valence electrons. The maximum atomic E-state index is 12.9. The van der Waals surface area contributed by atoms with Crippen molar-refractivity contribution >= 4 is 13.7 Å². The van der Waals surface area contributed by atoms with E-state index < -0.39 is 26.6 Å². The van der Waals surface area contributed by atoms with Crippen LogP contribution in [0, 0.1) is 0 Å². The number of nitrogens with one attached hydrogen (secondary N) is 1. The molecule has 0 fully saturated rings. The molecule has 3 atom stereocenters. The van der Waals surface area contributed by atoms with Gasteiger partial charge in [0.05, 0.1) is 39.9 Å². The highest BCUT2D eigenvalue weighted by molar-refractivity contribution is 7.45. The Hall–Kier alpha value is -1.54. The Morgan fingerprint density at radius 3 is 1.24 bits per heavy atom. The summed E-state index contributed by atoms with van der Waals surface area (Å²) >= 11 is 0. The molecule has 0 saturated heterocycles. The Morgan fingerprint density at radius 2 is 0.831 bits per heavy atom. The molecule has 9 heteroatoms. The minimum atomic E-state index is -4.60. The van der Waals surface area contributed by atoms with Crippen LogP contribution in [0.5, 0.6) is 0 Å². The lowest BCUT2D eigenvalue weighted by molar-refractivity contribution is -0.870. The summed E-state index contributed by atoms with van der Waals surface area (Å²) in [6.45, 7) is 4.61. The van der Waals surface area contributed by atoms with E-state index in [0.717, 1.165) is 44.9 Å². The van der Waals surface area contributed by atoms with Gasteiger partial charge in [-0.05, 0) is 64.2 Å². The summed E-state index contributed by atoms with van der Waals surface area (Å²) in [6, 6.07) is -0.902. The van der Waals surface area contributed by atoms with Crippen molar-refractivity contribution in [3.8, 4) is 0 Å². The molecule has 71 heavy (non-hydrogen) atoms. The second kappa shape index (κ2) is 53.3. The minimum absolute atomic E-state index is 0.00653. The molecule has 0 aromatic heterocycles. The van der Waals surface area contributed by atoms with Crippen LogP contribution in [0.2, 0.25) is 0 Å². The normalized spacial score (nSPS) is 14.2. The summed E-state index contributed by atoms with van der Waals surface area (Å²) in [5.41, 5.74) is 0. The fourth-order valence-electron chi connectivity index (χ4n) is 8.97. The highest BCUT2D eigenvalue weighted by atomic mass is 31.2. The molecule has 1 amide bonds. The van der Waals surface area contributed by atoms with Gasteiger partial charge in [0, 0.05) is 6.42 Å². The first-order valence-electron chi connectivity index (χ1n) is 30.5. The lowest BCUT2D eigenvalue weighted by Gasteiger charge is -2.29. The van der Waals surface area contributed by atoms with Gasteiger partial charge in [0.2, 0.25) is 5.91 Å². The van der Waals surface area contributed by atoms with Gasteiger partial charge >= 0.3 is 0 Å². The fraction of sp³-hybridized carbons (Fsp3) is 0.855. The number of rotatable bonds is 56. The van der Waals surface area contributed by atoms with Crippen molar-refractivity contribution in [2.45, 2.75) is 302 Å². The summed E-state index contributed by atoms with van der Waals surface area (Å²) in [6.07, 6.45) is 71.0. The van der Waals surface area contributed by atoms with Crippen LogP contribution in [-0.4, -0.2) is 68.5 Å². The molecular formula is C62H119N2O6P. The van der Waals surface area contributed by atoms with E-state index >= 15 is 0 Å². The molecule has 0 aromatic carbocycles. The van der Waals surface area contributed by atoms with Crippen molar-refractivity contribution in [2.24, 2.45) is 0 Å². The number of carbonyl (C=O) groups is 1. The summed E-state index contributed by atoms with van der Waals surface area (Å²) in [5.74, 6) is -0.207. The number of phosphoric ester groups is 1. The zero-order valence-electron chi connectivity index (χ0n) is 47.7.